The number of benzene rings is 1. The van der Waals surface area contributed by atoms with Crippen molar-refractivity contribution >= 4 is 29.3 Å². The lowest BCUT2D eigenvalue weighted by Crippen LogP contribution is -2.42. The van der Waals surface area contributed by atoms with E-state index >= 15 is 0 Å². The summed E-state index contributed by atoms with van der Waals surface area (Å²) in [5.41, 5.74) is -0.349. The minimum atomic E-state index is -1.69. The second-order valence-corrected chi connectivity index (χ2v) is 6.24. The molecule has 120 valence electrons. The lowest BCUT2D eigenvalue weighted by Gasteiger charge is -2.14. The number of nitrogens with zero attached hydrogens (tertiary/aromatic N) is 1. The van der Waals surface area contributed by atoms with Gasteiger partial charge in [0, 0.05) is 22.3 Å². The van der Waals surface area contributed by atoms with Crippen LogP contribution in [0.25, 0.3) is 0 Å². The average molecular weight is 330 g/mol. The van der Waals surface area contributed by atoms with E-state index in [0.29, 0.717) is 4.90 Å². The molecule has 1 amide bonds. The highest BCUT2D eigenvalue weighted by Crippen LogP contribution is 2.29. The number of non-ortho nitro benzene ring substituents is 1. The fraction of sp³-hybridized carbons (Fsp3) is 0.385. The molecular weight excluding hydrogens is 315 g/mol. The number of amides is 1. The Balaban J connectivity index is 3.16. The van der Waals surface area contributed by atoms with E-state index in [1.807, 2.05) is 19.2 Å². The van der Waals surface area contributed by atoms with Gasteiger partial charge in [0.15, 0.2) is 6.04 Å². The van der Waals surface area contributed by atoms with Gasteiger partial charge in [-0.15, -0.1) is 11.8 Å². The van der Waals surface area contributed by atoms with Gasteiger partial charge in [-0.25, -0.2) is 9.18 Å². The molecule has 0 aliphatic heterocycles. The average Bonchev–Trinajstić information content (AvgIpc) is 2.43. The van der Waals surface area contributed by atoms with Crippen molar-refractivity contribution in [3.63, 3.8) is 0 Å². The molecule has 9 heteroatoms. The highest BCUT2D eigenvalue weighted by atomic mass is 32.2. The zero-order valence-corrected chi connectivity index (χ0v) is 12.7. The quantitative estimate of drug-likeness (QED) is 0.451. The second-order valence-electron chi connectivity index (χ2n) is 4.62. The van der Waals surface area contributed by atoms with Crippen molar-refractivity contribution in [3.05, 3.63) is 33.9 Å². The normalized spacial score (nSPS) is 12.0. The summed E-state index contributed by atoms with van der Waals surface area (Å²) in [6.07, 6.45) is 0. The van der Waals surface area contributed by atoms with Crippen LogP contribution in [-0.4, -0.2) is 39.9 Å². The second kappa shape index (κ2) is 7.74. The number of nitro groups is 1. The maximum absolute atomic E-state index is 12.6. The smallest absolute Gasteiger partial charge is 0.328 e. The van der Waals surface area contributed by atoms with E-state index in [9.17, 15) is 24.1 Å². The lowest BCUT2D eigenvalue weighted by atomic mass is 10.1. The predicted molar refractivity (Wildman–Crippen MR) is 79.0 cm³/mol. The summed E-state index contributed by atoms with van der Waals surface area (Å²) in [7, 11) is 0. The highest BCUT2D eigenvalue weighted by molar-refractivity contribution is 8.00. The van der Waals surface area contributed by atoms with Gasteiger partial charge in [0.25, 0.3) is 11.6 Å². The van der Waals surface area contributed by atoms with Gasteiger partial charge >= 0.3 is 5.97 Å². The Morgan fingerprint density at radius 2 is 2.09 bits per heavy atom. The summed E-state index contributed by atoms with van der Waals surface area (Å²) in [5.74, 6) is -2.38. The molecule has 1 unspecified atom stereocenters. The molecule has 1 rings (SSSR count). The van der Waals surface area contributed by atoms with E-state index in [1.165, 1.54) is 23.9 Å². The van der Waals surface area contributed by atoms with E-state index in [2.05, 4.69) is 0 Å². The number of thioether (sulfide) groups is 1. The Labute approximate surface area is 130 Å². The third-order valence-electron chi connectivity index (χ3n) is 2.54. The first-order chi connectivity index (χ1) is 10.3. The van der Waals surface area contributed by atoms with Crippen LogP contribution in [0.15, 0.2) is 23.1 Å². The molecule has 0 aliphatic rings. The maximum atomic E-state index is 12.6. The largest absolute Gasteiger partial charge is 0.480 e. The molecule has 0 spiro atoms. The van der Waals surface area contributed by atoms with E-state index in [4.69, 9.17) is 5.11 Å². The van der Waals surface area contributed by atoms with Gasteiger partial charge in [-0.2, -0.15) is 0 Å². The summed E-state index contributed by atoms with van der Waals surface area (Å²) in [5, 5.41) is 21.7. The number of rotatable bonds is 7. The standard InChI is InChI=1S/C13H15FN2O5S/c1-7(2)22-11-4-3-8(16(20)21)5-9(11)12(17)15-10(6-14)13(18)19/h3-5,7,10H,6H2,1-2H3,(H,15,17)(H,18,19). The molecule has 22 heavy (non-hydrogen) atoms. The number of carboxylic acids is 1. The monoisotopic (exact) mass is 330 g/mol. The molecular formula is C13H15FN2O5S. The lowest BCUT2D eigenvalue weighted by molar-refractivity contribution is -0.384. The Kier molecular flexibility index (Phi) is 6.29. The number of aliphatic carboxylic acids is 1. The third kappa shape index (κ3) is 4.69. The first-order valence-corrected chi connectivity index (χ1v) is 7.19. The summed E-state index contributed by atoms with van der Waals surface area (Å²) in [4.78, 5) is 33.5. The summed E-state index contributed by atoms with van der Waals surface area (Å²) < 4.78 is 12.6. The summed E-state index contributed by atoms with van der Waals surface area (Å²) in [6, 6.07) is 2.04. The molecule has 1 aromatic carbocycles. The Bertz CT molecular complexity index is 594. The summed E-state index contributed by atoms with van der Waals surface area (Å²) >= 11 is 1.29. The van der Waals surface area contributed by atoms with Crippen molar-refractivity contribution in [1.82, 2.24) is 5.32 Å². The van der Waals surface area contributed by atoms with E-state index in [-0.39, 0.29) is 16.5 Å². The van der Waals surface area contributed by atoms with Crippen molar-refractivity contribution in [2.24, 2.45) is 0 Å². The fourth-order valence-corrected chi connectivity index (χ4v) is 2.50. The van der Waals surface area contributed by atoms with Crippen LogP contribution in [0, 0.1) is 10.1 Å². The maximum Gasteiger partial charge on any atom is 0.328 e. The summed E-state index contributed by atoms with van der Waals surface area (Å²) in [6.45, 7) is 2.47. The van der Waals surface area contributed by atoms with Crippen LogP contribution in [0.5, 0.6) is 0 Å². The molecule has 0 aliphatic carbocycles. The van der Waals surface area contributed by atoms with Crippen LogP contribution in [-0.2, 0) is 4.79 Å². The van der Waals surface area contributed by atoms with Gasteiger partial charge in [0.2, 0.25) is 0 Å². The zero-order chi connectivity index (χ0) is 16.9. The number of carbonyl (C=O) groups is 2. The zero-order valence-electron chi connectivity index (χ0n) is 11.9. The molecule has 2 N–H and O–H groups in total. The number of carboxylic acid groups (broad SMARTS) is 1. The number of nitro benzene ring substituents is 1. The van der Waals surface area contributed by atoms with E-state index < -0.39 is 29.5 Å². The van der Waals surface area contributed by atoms with Crippen molar-refractivity contribution in [2.75, 3.05) is 6.67 Å². The van der Waals surface area contributed by atoms with Crippen LogP contribution in [0.1, 0.15) is 24.2 Å². The molecule has 0 saturated heterocycles. The van der Waals surface area contributed by atoms with E-state index in [1.54, 1.807) is 0 Å². The van der Waals surface area contributed by atoms with E-state index in [0.717, 1.165) is 6.07 Å². The third-order valence-corrected chi connectivity index (χ3v) is 3.62. The molecule has 0 heterocycles. The number of alkyl halides is 1. The first-order valence-electron chi connectivity index (χ1n) is 6.31. The highest BCUT2D eigenvalue weighted by Gasteiger charge is 2.24. The van der Waals surface area contributed by atoms with Crippen LogP contribution in [0.4, 0.5) is 10.1 Å². The van der Waals surface area contributed by atoms with Gasteiger partial charge in [-0.1, -0.05) is 13.8 Å². The van der Waals surface area contributed by atoms with Crippen LogP contribution in [0.2, 0.25) is 0 Å². The molecule has 0 bridgehead atoms. The number of nitrogens with one attached hydrogen (secondary N) is 1. The van der Waals surface area contributed by atoms with Crippen molar-refractivity contribution in [2.45, 2.75) is 30.0 Å². The molecule has 0 saturated carbocycles. The Morgan fingerprint density at radius 3 is 2.55 bits per heavy atom. The predicted octanol–water partition coefficient (Wildman–Crippen LogP) is 2.25. The Hall–Kier alpha value is -2.16. The van der Waals surface area contributed by atoms with Gasteiger partial charge in [-0.3, -0.25) is 14.9 Å². The van der Waals surface area contributed by atoms with Gasteiger partial charge in [0.05, 0.1) is 10.5 Å². The van der Waals surface area contributed by atoms with Gasteiger partial charge in [-0.05, 0) is 6.07 Å². The number of hydrogen-bond acceptors (Lipinski definition) is 5. The molecule has 0 radical (unpaired) electrons. The topological polar surface area (TPSA) is 110 Å². The molecule has 1 aromatic rings. The molecule has 0 fully saturated rings. The van der Waals surface area contributed by atoms with Crippen LogP contribution in [0.3, 0.4) is 0 Å². The number of hydrogen-bond donors (Lipinski definition) is 2. The number of halogens is 1. The van der Waals surface area contributed by atoms with Crippen molar-refractivity contribution in [3.8, 4) is 0 Å². The van der Waals surface area contributed by atoms with Crippen molar-refractivity contribution < 1.29 is 24.0 Å². The molecule has 7 nitrogen and oxygen atoms in total. The van der Waals surface area contributed by atoms with Crippen molar-refractivity contribution in [1.29, 1.82) is 0 Å². The minimum Gasteiger partial charge on any atom is -0.480 e. The fourth-order valence-electron chi connectivity index (χ4n) is 1.57. The minimum absolute atomic E-state index is 0.0485. The van der Waals surface area contributed by atoms with Gasteiger partial charge < -0.3 is 10.4 Å². The van der Waals surface area contributed by atoms with Crippen LogP contribution >= 0.6 is 11.8 Å². The van der Waals surface area contributed by atoms with Gasteiger partial charge in [0.1, 0.15) is 6.67 Å². The SMILES string of the molecule is CC(C)Sc1ccc([N+](=O)[O-])cc1C(=O)NC(CF)C(=O)O. The Morgan fingerprint density at radius 1 is 1.45 bits per heavy atom. The number of carbonyl (C=O) groups excluding carboxylic acids is 1. The first kappa shape index (κ1) is 17.9. The molecule has 1 atom stereocenters. The van der Waals surface area contributed by atoms with Crippen LogP contribution < -0.4 is 5.32 Å². The molecule has 0 aromatic heterocycles.